The minimum absolute atomic E-state index is 0.436. The van der Waals surface area contributed by atoms with Crippen molar-refractivity contribution in [1.82, 2.24) is 4.90 Å². The van der Waals surface area contributed by atoms with Crippen LogP contribution in [0.4, 0.5) is 0 Å². The molecule has 1 rings (SSSR count). The Morgan fingerprint density at radius 3 is 2.38 bits per heavy atom. The van der Waals surface area contributed by atoms with Gasteiger partial charge in [-0.05, 0) is 29.9 Å². The molecule has 0 aromatic carbocycles. The minimum Gasteiger partial charge on any atom is -0.301 e. The molecule has 0 spiro atoms. The molecule has 0 heterocycles. The van der Waals surface area contributed by atoms with Gasteiger partial charge in [0.05, 0.1) is 0 Å². The molecule has 0 aliphatic heterocycles. The van der Waals surface area contributed by atoms with Crippen LogP contribution in [0.15, 0.2) is 0 Å². The third-order valence-electron chi connectivity index (χ3n) is 2.88. The predicted octanol–water partition coefficient (Wildman–Crippen LogP) is 3.89. The van der Waals surface area contributed by atoms with Crippen molar-refractivity contribution in [2.75, 3.05) is 25.4 Å². The Bertz CT molecular complexity index is 193. The molecule has 0 saturated heterocycles. The summed E-state index contributed by atoms with van der Waals surface area (Å²) in [6, 6.07) is 0. The van der Waals surface area contributed by atoms with Crippen LogP contribution in [0.3, 0.4) is 0 Å². The van der Waals surface area contributed by atoms with Crippen LogP contribution in [-0.2, 0) is 0 Å². The van der Waals surface area contributed by atoms with Gasteiger partial charge in [0.25, 0.3) is 0 Å². The topological polar surface area (TPSA) is 3.24 Å². The summed E-state index contributed by atoms with van der Waals surface area (Å²) in [7, 11) is 0. The molecule has 96 valence electrons. The van der Waals surface area contributed by atoms with Crippen LogP contribution in [0.1, 0.15) is 47.5 Å². The number of thioether (sulfide) groups is 1. The molecule has 1 aliphatic carbocycles. The Balaban J connectivity index is 2.36. The van der Waals surface area contributed by atoms with E-state index in [1.54, 1.807) is 0 Å². The molecule has 0 aromatic heterocycles. The van der Waals surface area contributed by atoms with Crippen molar-refractivity contribution in [3.05, 3.63) is 0 Å². The summed E-state index contributed by atoms with van der Waals surface area (Å²) in [6.45, 7) is 15.5. The summed E-state index contributed by atoms with van der Waals surface area (Å²) in [5, 5.41) is 0.783. The third kappa shape index (κ3) is 6.80. The lowest BCUT2D eigenvalue weighted by Gasteiger charge is -2.31. The van der Waals surface area contributed by atoms with Gasteiger partial charge in [-0.1, -0.05) is 34.6 Å². The van der Waals surface area contributed by atoms with Gasteiger partial charge in [0.1, 0.15) is 0 Å². The molecular formula is C14H29NS. The van der Waals surface area contributed by atoms with E-state index < -0.39 is 0 Å². The molecule has 1 fully saturated rings. The fraction of sp³-hybridized carbons (Fsp3) is 1.00. The summed E-state index contributed by atoms with van der Waals surface area (Å²) < 4.78 is 0. The van der Waals surface area contributed by atoms with Crippen molar-refractivity contribution in [2.45, 2.75) is 52.7 Å². The molecule has 0 N–H and O–H groups in total. The number of rotatable bonds is 7. The lowest BCUT2D eigenvalue weighted by molar-refractivity contribution is 0.186. The van der Waals surface area contributed by atoms with E-state index in [0.717, 1.165) is 11.2 Å². The van der Waals surface area contributed by atoms with Crippen molar-refractivity contribution in [3.63, 3.8) is 0 Å². The zero-order valence-electron chi connectivity index (χ0n) is 11.8. The molecule has 16 heavy (non-hydrogen) atoms. The number of hydrogen-bond donors (Lipinski definition) is 0. The van der Waals surface area contributed by atoms with Crippen LogP contribution >= 0.6 is 11.8 Å². The van der Waals surface area contributed by atoms with E-state index in [9.17, 15) is 0 Å². The Morgan fingerprint density at radius 1 is 1.31 bits per heavy atom. The quantitative estimate of drug-likeness (QED) is 0.667. The molecule has 0 aromatic rings. The molecule has 1 nitrogen and oxygen atoms in total. The van der Waals surface area contributed by atoms with Gasteiger partial charge in [0, 0.05) is 24.9 Å². The summed E-state index contributed by atoms with van der Waals surface area (Å²) in [4.78, 5) is 2.70. The molecule has 1 atom stereocenters. The van der Waals surface area contributed by atoms with Crippen molar-refractivity contribution in [1.29, 1.82) is 0 Å². The van der Waals surface area contributed by atoms with E-state index in [0.29, 0.717) is 5.41 Å². The van der Waals surface area contributed by atoms with Crippen LogP contribution in [-0.4, -0.2) is 35.5 Å². The zero-order chi connectivity index (χ0) is 12.2. The lowest BCUT2D eigenvalue weighted by atomic mass is 9.96. The van der Waals surface area contributed by atoms with E-state index in [4.69, 9.17) is 0 Å². The first-order valence-corrected chi connectivity index (χ1v) is 7.79. The molecular weight excluding hydrogens is 214 g/mol. The van der Waals surface area contributed by atoms with Crippen LogP contribution in [0.2, 0.25) is 0 Å². The van der Waals surface area contributed by atoms with Gasteiger partial charge in [-0.3, -0.25) is 0 Å². The second kappa shape index (κ2) is 6.30. The van der Waals surface area contributed by atoms with E-state index >= 15 is 0 Å². The summed E-state index contributed by atoms with van der Waals surface area (Å²) in [5.41, 5.74) is 0.436. The fourth-order valence-electron chi connectivity index (χ4n) is 2.24. The van der Waals surface area contributed by atoms with Crippen molar-refractivity contribution in [2.24, 2.45) is 11.3 Å². The fourth-order valence-corrected chi connectivity index (χ4v) is 3.13. The largest absolute Gasteiger partial charge is 0.301 e. The zero-order valence-corrected chi connectivity index (χ0v) is 12.6. The van der Waals surface area contributed by atoms with Gasteiger partial charge in [-0.15, -0.1) is 0 Å². The molecule has 0 amide bonds. The Hall–Kier alpha value is 0.310. The minimum atomic E-state index is 0.436. The summed E-state index contributed by atoms with van der Waals surface area (Å²) >= 11 is 2.09. The van der Waals surface area contributed by atoms with Gasteiger partial charge in [-0.2, -0.15) is 11.8 Å². The molecule has 1 saturated carbocycles. The van der Waals surface area contributed by atoms with Crippen LogP contribution < -0.4 is 0 Å². The normalized spacial score (nSPS) is 19.1. The smallest absolute Gasteiger partial charge is 0.0146 e. The number of hydrogen-bond acceptors (Lipinski definition) is 2. The van der Waals surface area contributed by atoms with E-state index in [1.807, 2.05) is 0 Å². The van der Waals surface area contributed by atoms with Gasteiger partial charge in [0.15, 0.2) is 0 Å². The van der Waals surface area contributed by atoms with E-state index in [-0.39, 0.29) is 0 Å². The molecule has 1 aliphatic rings. The third-order valence-corrected chi connectivity index (χ3v) is 3.93. The average Bonchev–Trinajstić information content (AvgIpc) is 2.84. The second-order valence-electron chi connectivity index (χ2n) is 6.46. The van der Waals surface area contributed by atoms with Crippen LogP contribution in [0.25, 0.3) is 0 Å². The predicted molar refractivity (Wildman–Crippen MR) is 76.2 cm³/mol. The van der Waals surface area contributed by atoms with Gasteiger partial charge < -0.3 is 4.90 Å². The van der Waals surface area contributed by atoms with E-state index in [1.165, 1.54) is 38.2 Å². The van der Waals surface area contributed by atoms with Gasteiger partial charge >= 0.3 is 0 Å². The Morgan fingerprint density at radius 2 is 1.94 bits per heavy atom. The Kier molecular flexibility index (Phi) is 5.66. The van der Waals surface area contributed by atoms with E-state index in [2.05, 4.69) is 51.3 Å². The van der Waals surface area contributed by atoms with Gasteiger partial charge in [-0.25, -0.2) is 0 Å². The summed E-state index contributed by atoms with van der Waals surface area (Å²) in [6.07, 6.45) is 2.94. The maximum Gasteiger partial charge on any atom is 0.0146 e. The SMILES string of the molecule is CCSC(C)CN(CC1CC1)CC(C)(C)C. The van der Waals surface area contributed by atoms with Crippen molar-refractivity contribution < 1.29 is 0 Å². The average molecular weight is 243 g/mol. The molecule has 0 bridgehead atoms. The van der Waals surface area contributed by atoms with Crippen molar-refractivity contribution in [3.8, 4) is 0 Å². The molecule has 2 heteroatoms. The first-order valence-electron chi connectivity index (χ1n) is 6.74. The first-order chi connectivity index (χ1) is 7.40. The number of nitrogens with zero attached hydrogens (tertiary/aromatic N) is 1. The molecule has 0 radical (unpaired) electrons. The highest BCUT2D eigenvalue weighted by Gasteiger charge is 2.27. The van der Waals surface area contributed by atoms with Gasteiger partial charge in [0.2, 0.25) is 0 Å². The standard InChI is InChI=1S/C14H29NS/c1-6-16-12(2)9-15(10-13-7-8-13)11-14(3,4)5/h12-13H,6-11H2,1-5H3. The highest BCUT2D eigenvalue weighted by molar-refractivity contribution is 7.99. The molecule has 1 unspecified atom stereocenters. The van der Waals surface area contributed by atoms with Crippen LogP contribution in [0.5, 0.6) is 0 Å². The maximum absolute atomic E-state index is 2.70. The highest BCUT2D eigenvalue weighted by atomic mass is 32.2. The Labute approximate surface area is 106 Å². The highest BCUT2D eigenvalue weighted by Crippen LogP contribution is 2.31. The van der Waals surface area contributed by atoms with Crippen LogP contribution in [0, 0.1) is 11.3 Å². The lowest BCUT2D eigenvalue weighted by Crippen LogP contribution is -2.38. The second-order valence-corrected chi connectivity index (χ2v) is 8.18. The monoisotopic (exact) mass is 243 g/mol. The van der Waals surface area contributed by atoms with Crippen molar-refractivity contribution >= 4 is 11.8 Å². The maximum atomic E-state index is 2.70. The summed E-state index contributed by atoms with van der Waals surface area (Å²) in [5.74, 6) is 2.26. The first kappa shape index (κ1) is 14.4.